The summed E-state index contributed by atoms with van der Waals surface area (Å²) in [6, 6.07) is 4.13. The first-order valence-corrected chi connectivity index (χ1v) is 8.22. The number of carbonyl (C=O) groups is 1. The lowest BCUT2D eigenvalue weighted by Crippen LogP contribution is -2.37. The fourth-order valence-electron chi connectivity index (χ4n) is 2.85. The van der Waals surface area contributed by atoms with Crippen LogP contribution in [-0.4, -0.2) is 30.6 Å². The Labute approximate surface area is 127 Å². The molecule has 2 rings (SSSR count). The molecule has 0 bridgehead atoms. The van der Waals surface area contributed by atoms with E-state index in [1.807, 2.05) is 24.0 Å². The first-order valence-electron chi connectivity index (χ1n) is 8.22. The Morgan fingerprint density at radius 3 is 2.90 bits per heavy atom. The molecule has 1 amide bonds. The van der Waals surface area contributed by atoms with Crippen LogP contribution in [0.4, 0.5) is 0 Å². The summed E-state index contributed by atoms with van der Waals surface area (Å²) in [4.78, 5) is 14.4. The van der Waals surface area contributed by atoms with Crippen LogP contribution in [0.2, 0.25) is 0 Å². The molecule has 0 aromatic carbocycles. The molecule has 0 radical (unpaired) electrons. The van der Waals surface area contributed by atoms with Crippen molar-refractivity contribution in [3.05, 3.63) is 23.7 Å². The Bertz CT molecular complexity index is 441. The highest BCUT2D eigenvalue weighted by atomic mass is 16.5. The van der Waals surface area contributed by atoms with Gasteiger partial charge in [0.1, 0.15) is 18.1 Å². The molecular weight excluding hydrogens is 266 g/mol. The van der Waals surface area contributed by atoms with Gasteiger partial charge >= 0.3 is 0 Å². The number of ether oxygens (including phenoxy) is 1. The zero-order chi connectivity index (χ0) is 15.1. The maximum absolute atomic E-state index is 12.4. The average Bonchev–Trinajstić information content (AvgIpc) is 2.84. The Kier molecular flexibility index (Phi) is 6.30. The number of amides is 1. The van der Waals surface area contributed by atoms with Crippen molar-refractivity contribution < 1.29 is 13.9 Å². The maximum atomic E-state index is 12.4. The van der Waals surface area contributed by atoms with E-state index in [9.17, 15) is 4.79 Å². The van der Waals surface area contributed by atoms with Gasteiger partial charge in [0.15, 0.2) is 0 Å². The van der Waals surface area contributed by atoms with E-state index in [0.717, 1.165) is 50.2 Å². The van der Waals surface area contributed by atoms with Crippen molar-refractivity contribution in [2.45, 2.75) is 58.4 Å². The molecule has 1 aliphatic heterocycles. The van der Waals surface area contributed by atoms with E-state index in [1.54, 1.807) is 0 Å². The second-order valence-corrected chi connectivity index (χ2v) is 5.66. The second-order valence-electron chi connectivity index (χ2n) is 5.66. The summed E-state index contributed by atoms with van der Waals surface area (Å²) in [5.74, 6) is 2.01. The SMILES string of the molecule is CCCOCC(=O)N1CCCCCC1c1ccc(CC)o1. The van der Waals surface area contributed by atoms with Gasteiger partial charge in [-0.05, 0) is 31.4 Å². The van der Waals surface area contributed by atoms with E-state index in [-0.39, 0.29) is 18.6 Å². The van der Waals surface area contributed by atoms with Gasteiger partial charge < -0.3 is 14.1 Å². The zero-order valence-electron chi connectivity index (χ0n) is 13.3. The van der Waals surface area contributed by atoms with Crippen LogP contribution >= 0.6 is 0 Å². The third kappa shape index (κ3) is 4.34. The second kappa shape index (κ2) is 8.23. The van der Waals surface area contributed by atoms with Crippen molar-refractivity contribution in [2.24, 2.45) is 0 Å². The Morgan fingerprint density at radius 1 is 1.33 bits per heavy atom. The minimum atomic E-state index is 0.0746. The first-order chi connectivity index (χ1) is 10.3. The van der Waals surface area contributed by atoms with E-state index in [2.05, 4.69) is 6.92 Å². The first kappa shape index (κ1) is 16.1. The van der Waals surface area contributed by atoms with Gasteiger partial charge in [-0.2, -0.15) is 0 Å². The molecule has 1 aliphatic rings. The number of hydrogen-bond donors (Lipinski definition) is 0. The molecule has 1 aromatic heterocycles. The van der Waals surface area contributed by atoms with Crippen molar-refractivity contribution in [1.29, 1.82) is 0 Å². The molecule has 1 saturated heterocycles. The van der Waals surface area contributed by atoms with Gasteiger partial charge in [0.05, 0.1) is 6.04 Å². The van der Waals surface area contributed by atoms with Crippen molar-refractivity contribution in [3.8, 4) is 0 Å². The summed E-state index contributed by atoms with van der Waals surface area (Å²) in [6.07, 6.45) is 6.20. The fourth-order valence-corrected chi connectivity index (χ4v) is 2.85. The number of aryl methyl sites for hydroxylation is 1. The summed E-state index contributed by atoms with van der Waals surface area (Å²) in [7, 11) is 0. The minimum Gasteiger partial charge on any atom is -0.464 e. The average molecular weight is 293 g/mol. The van der Waals surface area contributed by atoms with Crippen LogP contribution in [0.25, 0.3) is 0 Å². The lowest BCUT2D eigenvalue weighted by Gasteiger charge is -2.28. The van der Waals surface area contributed by atoms with Crippen molar-refractivity contribution in [3.63, 3.8) is 0 Å². The van der Waals surface area contributed by atoms with Gasteiger partial charge in [0, 0.05) is 19.6 Å². The number of hydrogen-bond acceptors (Lipinski definition) is 3. The maximum Gasteiger partial charge on any atom is 0.249 e. The largest absolute Gasteiger partial charge is 0.464 e. The standard InChI is InChI=1S/C17H27NO3/c1-3-12-20-13-17(19)18-11-7-5-6-8-15(18)16-10-9-14(4-2)21-16/h9-10,15H,3-8,11-13H2,1-2H3. The molecule has 21 heavy (non-hydrogen) atoms. The molecule has 1 unspecified atom stereocenters. The predicted molar refractivity (Wildman–Crippen MR) is 82.1 cm³/mol. The Balaban J connectivity index is 2.08. The third-order valence-electron chi connectivity index (χ3n) is 4.01. The van der Waals surface area contributed by atoms with Crippen molar-refractivity contribution in [1.82, 2.24) is 4.90 Å². The fraction of sp³-hybridized carbons (Fsp3) is 0.706. The van der Waals surface area contributed by atoms with Crippen LogP contribution in [0.3, 0.4) is 0 Å². The number of carbonyl (C=O) groups excluding carboxylic acids is 1. The van der Waals surface area contributed by atoms with Gasteiger partial charge in [0.2, 0.25) is 5.91 Å². The van der Waals surface area contributed by atoms with Gasteiger partial charge in [-0.1, -0.05) is 26.7 Å². The summed E-state index contributed by atoms with van der Waals surface area (Å²) >= 11 is 0. The molecule has 0 spiro atoms. The third-order valence-corrected chi connectivity index (χ3v) is 4.01. The molecule has 1 fully saturated rings. The molecular formula is C17H27NO3. The van der Waals surface area contributed by atoms with E-state index in [0.29, 0.717) is 6.61 Å². The summed E-state index contributed by atoms with van der Waals surface area (Å²) in [5, 5.41) is 0. The minimum absolute atomic E-state index is 0.0746. The van der Waals surface area contributed by atoms with E-state index >= 15 is 0 Å². The summed E-state index contributed by atoms with van der Waals surface area (Å²) in [5.41, 5.74) is 0. The molecule has 0 aliphatic carbocycles. The number of furan rings is 1. The molecule has 1 aromatic rings. The number of likely N-dealkylation sites (tertiary alicyclic amines) is 1. The number of rotatable bonds is 6. The van der Waals surface area contributed by atoms with Gasteiger partial charge in [0.25, 0.3) is 0 Å². The molecule has 0 saturated carbocycles. The zero-order valence-corrected chi connectivity index (χ0v) is 13.3. The van der Waals surface area contributed by atoms with Gasteiger partial charge in [-0.25, -0.2) is 0 Å². The van der Waals surface area contributed by atoms with E-state index in [4.69, 9.17) is 9.15 Å². The van der Waals surface area contributed by atoms with E-state index in [1.165, 1.54) is 6.42 Å². The highest BCUT2D eigenvalue weighted by molar-refractivity contribution is 5.78. The van der Waals surface area contributed by atoms with E-state index < -0.39 is 0 Å². The monoisotopic (exact) mass is 293 g/mol. The predicted octanol–water partition coefficient (Wildman–Crippen LogP) is 3.71. The van der Waals surface area contributed by atoms with Crippen LogP contribution < -0.4 is 0 Å². The molecule has 4 nitrogen and oxygen atoms in total. The van der Waals surface area contributed by atoms with Crippen LogP contribution in [-0.2, 0) is 16.0 Å². The van der Waals surface area contributed by atoms with Crippen LogP contribution in [0, 0.1) is 0 Å². The lowest BCUT2D eigenvalue weighted by atomic mass is 10.1. The molecule has 1 atom stereocenters. The van der Waals surface area contributed by atoms with Crippen LogP contribution in [0.5, 0.6) is 0 Å². The number of nitrogens with zero attached hydrogens (tertiary/aromatic N) is 1. The molecule has 2 heterocycles. The Hall–Kier alpha value is -1.29. The normalized spacial score (nSPS) is 19.5. The smallest absolute Gasteiger partial charge is 0.249 e. The summed E-state index contributed by atoms with van der Waals surface area (Å²) in [6.45, 7) is 5.77. The summed E-state index contributed by atoms with van der Waals surface area (Å²) < 4.78 is 11.3. The van der Waals surface area contributed by atoms with Crippen molar-refractivity contribution >= 4 is 5.91 Å². The van der Waals surface area contributed by atoms with Crippen LogP contribution in [0.15, 0.2) is 16.5 Å². The topological polar surface area (TPSA) is 42.7 Å². The molecule has 4 heteroatoms. The highest BCUT2D eigenvalue weighted by Crippen LogP contribution is 2.31. The lowest BCUT2D eigenvalue weighted by molar-refractivity contribution is -0.139. The highest BCUT2D eigenvalue weighted by Gasteiger charge is 2.28. The quantitative estimate of drug-likeness (QED) is 0.751. The van der Waals surface area contributed by atoms with Crippen molar-refractivity contribution in [2.75, 3.05) is 19.8 Å². The van der Waals surface area contributed by atoms with Gasteiger partial charge in [-0.3, -0.25) is 4.79 Å². The Morgan fingerprint density at radius 2 is 2.19 bits per heavy atom. The molecule has 0 N–H and O–H groups in total. The molecule has 118 valence electrons. The van der Waals surface area contributed by atoms with Gasteiger partial charge in [-0.15, -0.1) is 0 Å². The van der Waals surface area contributed by atoms with Crippen LogP contribution in [0.1, 0.15) is 63.5 Å².